The van der Waals surface area contributed by atoms with Crippen LogP contribution in [0.5, 0.6) is 0 Å². The lowest BCUT2D eigenvalue weighted by molar-refractivity contribution is 0.0584. The van der Waals surface area contributed by atoms with Crippen molar-refractivity contribution in [2.45, 2.75) is 72.1 Å². The molecule has 2 heteroatoms. The zero-order valence-corrected chi connectivity index (χ0v) is 12.5. The van der Waals surface area contributed by atoms with Gasteiger partial charge in [-0.3, -0.25) is 0 Å². The third kappa shape index (κ3) is 3.32. The second kappa shape index (κ2) is 4.58. The van der Waals surface area contributed by atoms with Gasteiger partial charge >= 0.3 is 0 Å². The molecule has 0 heterocycles. The maximum atomic E-state index is 6.31. The summed E-state index contributed by atoms with van der Waals surface area (Å²) >= 11 is 0. The van der Waals surface area contributed by atoms with Gasteiger partial charge in [0.05, 0.1) is 5.60 Å². The third-order valence-electron chi connectivity index (χ3n) is 3.92. The highest BCUT2D eigenvalue weighted by atomic mass is 28.3. The zero-order valence-electron chi connectivity index (χ0n) is 11.4. The Morgan fingerprint density at radius 2 is 1.93 bits per heavy atom. The van der Waals surface area contributed by atoms with Crippen LogP contribution in [0.4, 0.5) is 0 Å². The number of hydrogen-bond donors (Lipinski definition) is 0. The van der Waals surface area contributed by atoms with Crippen LogP contribution in [0.3, 0.4) is 0 Å². The Labute approximate surface area is 97.3 Å². The molecular formula is C13H28OSi. The molecule has 90 valence electrons. The van der Waals surface area contributed by atoms with Gasteiger partial charge in [-0.05, 0) is 50.1 Å². The van der Waals surface area contributed by atoms with Gasteiger partial charge in [-0.25, -0.2) is 0 Å². The van der Waals surface area contributed by atoms with E-state index < -0.39 is 9.04 Å². The highest BCUT2D eigenvalue weighted by Gasteiger charge is 2.42. The average molecular weight is 228 g/mol. The van der Waals surface area contributed by atoms with Crippen LogP contribution in [0.1, 0.15) is 53.4 Å². The summed E-state index contributed by atoms with van der Waals surface area (Å²) in [7, 11) is -0.890. The normalized spacial score (nSPS) is 32.6. The molecule has 1 aliphatic carbocycles. The van der Waals surface area contributed by atoms with Crippen molar-refractivity contribution in [2.24, 2.45) is 11.3 Å². The van der Waals surface area contributed by atoms with Crippen LogP contribution in [0, 0.1) is 11.3 Å². The Balaban J connectivity index is 2.65. The quantitative estimate of drug-likeness (QED) is 0.664. The number of rotatable bonds is 3. The largest absolute Gasteiger partial charge is 0.415 e. The molecule has 1 rings (SSSR count). The zero-order chi connectivity index (χ0) is 11.7. The van der Waals surface area contributed by atoms with Gasteiger partial charge in [0.25, 0.3) is 0 Å². The highest BCUT2D eigenvalue weighted by Crippen LogP contribution is 2.47. The highest BCUT2D eigenvalue weighted by molar-refractivity contribution is 6.48. The van der Waals surface area contributed by atoms with Crippen LogP contribution in [0.15, 0.2) is 0 Å². The molecule has 0 spiro atoms. The molecule has 1 fully saturated rings. The minimum atomic E-state index is -0.890. The first-order valence-electron chi connectivity index (χ1n) is 6.47. The molecular weight excluding hydrogens is 200 g/mol. The molecule has 1 nitrogen and oxygen atoms in total. The Morgan fingerprint density at radius 1 is 1.33 bits per heavy atom. The molecule has 2 atom stereocenters. The van der Waals surface area contributed by atoms with E-state index in [1.165, 1.54) is 25.7 Å². The van der Waals surface area contributed by atoms with Gasteiger partial charge in [0.1, 0.15) is 0 Å². The first-order chi connectivity index (χ1) is 6.79. The summed E-state index contributed by atoms with van der Waals surface area (Å²) in [6.07, 6.45) is 5.14. The van der Waals surface area contributed by atoms with Crippen LogP contribution >= 0.6 is 0 Å². The van der Waals surface area contributed by atoms with Crippen LogP contribution in [-0.2, 0) is 4.43 Å². The Bertz CT molecular complexity index is 207. The van der Waals surface area contributed by atoms with Gasteiger partial charge in [-0.1, -0.05) is 27.7 Å². The smallest absolute Gasteiger partial charge is 0.171 e. The van der Waals surface area contributed by atoms with Gasteiger partial charge < -0.3 is 4.43 Å². The number of hydrogen-bond acceptors (Lipinski definition) is 1. The summed E-state index contributed by atoms with van der Waals surface area (Å²) in [5.41, 5.74) is 0.706. The molecule has 0 amide bonds. The van der Waals surface area contributed by atoms with Crippen molar-refractivity contribution in [3.8, 4) is 0 Å². The lowest BCUT2D eigenvalue weighted by atomic mass is 9.79. The van der Waals surface area contributed by atoms with E-state index in [0.29, 0.717) is 5.41 Å². The molecule has 0 saturated heterocycles. The topological polar surface area (TPSA) is 9.23 Å². The van der Waals surface area contributed by atoms with Crippen molar-refractivity contribution in [3.63, 3.8) is 0 Å². The van der Waals surface area contributed by atoms with E-state index in [1.807, 2.05) is 0 Å². The molecule has 1 saturated carbocycles. The van der Waals surface area contributed by atoms with Crippen LogP contribution < -0.4 is 0 Å². The monoisotopic (exact) mass is 228 g/mol. The molecule has 2 unspecified atom stereocenters. The summed E-state index contributed by atoms with van der Waals surface area (Å²) in [5.74, 6) is 0.852. The third-order valence-corrected chi connectivity index (χ3v) is 4.89. The van der Waals surface area contributed by atoms with Crippen molar-refractivity contribution in [2.75, 3.05) is 0 Å². The van der Waals surface area contributed by atoms with E-state index >= 15 is 0 Å². The predicted octanol–water partition coefficient (Wildman–Crippen LogP) is 3.98. The minimum absolute atomic E-state index is 0.248. The Kier molecular flexibility index (Phi) is 4.05. The molecule has 0 aromatic carbocycles. The van der Waals surface area contributed by atoms with Gasteiger partial charge in [-0.2, -0.15) is 0 Å². The minimum Gasteiger partial charge on any atom is -0.415 e. The lowest BCUT2D eigenvalue weighted by Crippen LogP contribution is -2.34. The molecule has 1 aliphatic rings. The molecule has 0 radical (unpaired) electrons. The maximum absolute atomic E-state index is 6.31. The standard InChI is InChI=1S/C13H28OSi/c1-7-13(14-15(5)6)9-8-11(10-13)12(2,3)4/h11,15H,7-10H2,1-6H3. The van der Waals surface area contributed by atoms with Crippen LogP contribution in [0.25, 0.3) is 0 Å². The van der Waals surface area contributed by atoms with Crippen molar-refractivity contribution < 1.29 is 4.43 Å². The molecule has 0 bridgehead atoms. The maximum Gasteiger partial charge on any atom is 0.171 e. The van der Waals surface area contributed by atoms with Gasteiger partial charge in [0.15, 0.2) is 9.04 Å². The molecule has 0 aliphatic heterocycles. The Morgan fingerprint density at radius 3 is 2.27 bits per heavy atom. The van der Waals surface area contributed by atoms with Gasteiger partial charge in [0.2, 0.25) is 0 Å². The van der Waals surface area contributed by atoms with Crippen molar-refractivity contribution in [1.82, 2.24) is 0 Å². The Hall–Kier alpha value is 0.177. The van der Waals surface area contributed by atoms with Gasteiger partial charge in [-0.15, -0.1) is 0 Å². The van der Waals surface area contributed by atoms with Crippen molar-refractivity contribution >= 4 is 9.04 Å². The second-order valence-electron chi connectivity index (χ2n) is 6.51. The molecule has 15 heavy (non-hydrogen) atoms. The van der Waals surface area contributed by atoms with E-state index in [0.717, 1.165) is 5.92 Å². The summed E-state index contributed by atoms with van der Waals surface area (Å²) in [4.78, 5) is 0. The van der Waals surface area contributed by atoms with E-state index in [-0.39, 0.29) is 5.60 Å². The second-order valence-corrected chi connectivity index (χ2v) is 8.84. The molecule has 0 aromatic rings. The fourth-order valence-electron chi connectivity index (χ4n) is 2.84. The fourth-order valence-corrected chi connectivity index (χ4v) is 4.22. The van der Waals surface area contributed by atoms with Crippen molar-refractivity contribution in [1.29, 1.82) is 0 Å². The first kappa shape index (κ1) is 13.2. The summed E-state index contributed by atoms with van der Waals surface area (Å²) in [6, 6.07) is 0. The summed E-state index contributed by atoms with van der Waals surface area (Å²) < 4.78 is 6.31. The summed E-state index contributed by atoms with van der Waals surface area (Å²) in [5, 5.41) is 0. The van der Waals surface area contributed by atoms with E-state index in [9.17, 15) is 0 Å². The van der Waals surface area contributed by atoms with E-state index in [2.05, 4.69) is 40.8 Å². The van der Waals surface area contributed by atoms with Gasteiger partial charge in [0, 0.05) is 0 Å². The fraction of sp³-hybridized carbons (Fsp3) is 1.00. The first-order valence-corrected chi connectivity index (χ1v) is 9.25. The predicted molar refractivity (Wildman–Crippen MR) is 69.8 cm³/mol. The van der Waals surface area contributed by atoms with E-state index in [4.69, 9.17) is 4.43 Å². The average Bonchev–Trinajstić information content (AvgIpc) is 2.47. The van der Waals surface area contributed by atoms with Crippen molar-refractivity contribution in [3.05, 3.63) is 0 Å². The van der Waals surface area contributed by atoms with Crippen LogP contribution in [-0.4, -0.2) is 14.6 Å². The van der Waals surface area contributed by atoms with Crippen LogP contribution in [0.2, 0.25) is 13.1 Å². The molecule has 0 aromatic heterocycles. The van der Waals surface area contributed by atoms with E-state index in [1.54, 1.807) is 0 Å². The lowest BCUT2D eigenvalue weighted by Gasteiger charge is -2.33. The molecule has 0 N–H and O–H groups in total. The summed E-state index contributed by atoms with van der Waals surface area (Å²) in [6.45, 7) is 14.0. The SMILES string of the molecule is CCC1(O[SiH](C)C)CCC(C(C)(C)C)C1.